The highest BCUT2D eigenvalue weighted by atomic mass is 16.4. The lowest BCUT2D eigenvalue weighted by Gasteiger charge is -2.29. The standard InChI is InChI=1S/C42H45N5O9/c1-3-4-5-25-6-9-27(10-7-25)28-11-13-29(14-12-28)40(53)44-23-36(50)43-19-18-38(52)47(2)39-30-15-17-35(49)32(22-30)31-20-26(8-16-34(31)48)21-33(42(55)56)46-37(51)24-45-41(39)54/h6-17,20,22,33,39,48-49H,3-5,18-19,21,23-24H2,1-2H3,(H,43,50)(H,44,53)(H,45,54)(H,46,51)(H,55,56). The molecule has 14 nitrogen and oxygen atoms in total. The molecular weight excluding hydrogens is 718 g/mol. The van der Waals surface area contributed by atoms with Gasteiger partial charge in [-0.15, -0.1) is 0 Å². The normalized spacial score (nSPS) is 15.4. The molecule has 5 amide bonds. The van der Waals surface area contributed by atoms with Gasteiger partial charge in [0.05, 0.1) is 13.1 Å². The number of aliphatic carboxylic acids is 1. The number of carbonyl (C=O) groups excluding carboxylic acids is 5. The number of fused-ring (bicyclic) bond motifs is 5. The number of unbranched alkanes of at least 4 members (excludes halogenated alkanes) is 1. The van der Waals surface area contributed by atoms with Crippen LogP contribution in [0.3, 0.4) is 0 Å². The lowest BCUT2D eigenvalue weighted by Crippen LogP contribution is -2.49. The van der Waals surface area contributed by atoms with Gasteiger partial charge in [-0.2, -0.15) is 0 Å². The van der Waals surface area contributed by atoms with Crippen molar-refractivity contribution in [3.63, 3.8) is 0 Å². The average molecular weight is 764 g/mol. The van der Waals surface area contributed by atoms with Crippen LogP contribution in [-0.2, 0) is 36.8 Å². The minimum atomic E-state index is -1.36. The Morgan fingerprint density at radius 1 is 0.839 bits per heavy atom. The van der Waals surface area contributed by atoms with Crippen molar-refractivity contribution in [1.82, 2.24) is 26.2 Å². The number of aromatic hydroxyl groups is 2. The predicted molar refractivity (Wildman–Crippen MR) is 207 cm³/mol. The Balaban J connectivity index is 1.20. The molecule has 1 aliphatic rings. The molecule has 0 radical (unpaired) electrons. The lowest BCUT2D eigenvalue weighted by molar-refractivity contribution is -0.142. The minimum absolute atomic E-state index is 0.117. The lowest BCUT2D eigenvalue weighted by atomic mass is 9.94. The van der Waals surface area contributed by atoms with Crippen LogP contribution < -0.4 is 21.3 Å². The van der Waals surface area contributed by atoms with Gasteiger partial charge in [-0.25, -0.2) is 4.79 Å². The second-order valence-corrected chi connectivity index (χ2v) is 13.6. The van der Waals surface area contributed by atoms with Gasteiger partial charge in [-0.05, 0) is 77.1 Å². The van der Waals surface area contributed by atoms with Gasteiger partial charge in [-0.3, -0.25) is 24.0 Å². The molecule has 7 N–H and O–H groups in total. The van der Waals surface area contributed by atoms with Crippen LogP contribution in [0.25, 0.3) is 22.3 Å². The van der Waals surface area contributed by atoms with E-state index in [0.29, 0.717) is 11.1 Å². The summed E-state index contributed by atoms with van der Waals surface area (Å²) in [6.45, 7) is 1.10. The van der Waals surface area contributed by atoms with Gasteiger partial charge in [0.25, 0.3) is 5.91 Å². The molecule has 292 valence electrons. The minimum Gasteiger partial charge on any atom is -0.507 e. The van der Waals surface area contributed by atoms with Crippen LogP contribution >= 0.6 is 0 Å². The van der Waals surface area contributed by atoms with Gasteiger partial charge >= 0.3 is 5.97 Å². The second kappa shape index (κ2) is 18.6. The predicted octanol–water partition coefficient (Wildman–Crippen LogP) is 3.45. The molecule has 0 saturated heterocycles. The fraction of sp³-hybridized carbons (Fsp3) is 0.286. The van der Waals surface area contributed by atoms with Crippen molar-refractivity contribution in [2.75, 3.05) is 26.7 Å². The number of amides is 5. The summed E-state index contributed by atoms with van der Waals surface area (Å²) < 4.78 is 0. The van der Waals surface area contributed by atoms with Gasteiger partial charge < -0.3 is 41.5 Å². The van der Waals surface area contributed by atoms with Crippen molar-refractivity contribution in [1.29, 1.82) is 0 Å². The maximum Gasteiger partial charge on any atom is 0.326 e. The molecule has 2 atom stereocenters. The average Bonchev–Trinajstić information content (AvgIpc) is 3.19. The number of hydrogen-bond acceptors (Lipinski definition) is 8. The van der Waals surface area contributed by atoms with E-state index in [4.69, 9.17) is 0 Å². The number of nitrogens with one attached hydrogen (secondary N) is 4. The van der Waals surface area contributed by atoms with Crippen LogP contribution in [0.4, 0.5) is 0 Å². The Hall–Kier alpha value is -6.70. The van der Waals surface area contributed by atoms with E-state index in [1.165, 1.54) is 49.0 Å². The largest absolute Gasteiger partial charge is 0.507 e. The Labute approximate surface area is 323 Å². The third-order valence-corrected chi connectivity index (χ3v) is 9.54. The number of benzene rings is 4. The maximum atomic E-state index is 13.6. The Kier molecular flexibility index (Phi) is 13.4. The highest BCUT2D eigenvalue weighted by Gasteiger charge is 2.31. The molecular formula is C42H45N5O9. The van der Waals surface area contributed by atoms with Gasteiger partial charge in [0, 0.05) is 43.1 Å². The summed E-state index contributed by atoms with van der Waals surface area (Å²) in [5.74, 6) is -4.93. The molecule has 1 heterocycles. The Morgan fingerprint density at radius 3 is 2.14 bits per heavy atom. The third-order valence-electron chi connectivity index (χ3n) is 9.54. The first-order valence-electron chi connectivity index (χ1n) is 18.3. The number of phenolic OH excluding ortho intramolecular Hbond substituents is 2. The topological polar surface area (TPSA) is 214 Å². The quantitative estimate of drug-likeness (QED) is 0.112. The second-order valence-electron chi connectivity index (χ2n) is 13.6. The van der Waals surface area contributed by atoms with E-state index in [1.54, 1.807) is 12.1 Å². The molecule has 0 aromatic heterocycles. The molecule has 4 aromatic carbocycles. The molecule has 0 fully saturated rings. The summed E-state index contributed by atoms with van der Waals surface area (Å²) in [5, 5.41) is 41.2. The molecule has 4 bridgehead atoms. The zero-order valence-corrected chi connectivity index (χ0v) is 31.1. The SMILES string of the molecule is CCCCc1ccc(-c2ccc(C(=O)NCC(=O)NCCC(=O)N(C)C3C(=O)NCC(=O)NC(C(=O)O)Cc4ccc(O)c(c4)-c4cc3ccc4O)cc2)cc1. The van der Waals surface area contributed by atoms with Gasteiger partial charge in [0.1, 0.15) is 23.6 Å². The fourth-order valence-corrected chi connectivity index (χ4v) is 6.37. The highest BCUT2D eigenvalue weighted by molar-refractivity contribution is 5.97. The van der Waals surface area contributed by atoms with Crippen molar-refractivity contribution in [3.05, 3.63) is 107 Å². The van der Waals surface area contributed by atoms with Crippen molar-refractivity contribution in [2.24, 2.45) is 0 Å². The van der Waals surface area contributed by atoms with E-state index in [9.17, 15) is 44.1 Å². The van der Waals surface area contributed by atoms with Crippen molar-refractivity contribution >= 4 is 35.5 Å². The number of nitrogens with zero attached hydrogens (tertiary/aromatic N) is 1. The number of aryl methyl sites for hydroxylation is 1. The molecule has 2 unspecified atom stereocenters. The van der Waals surface area contributed by atoms with Crippen LogP contribution in [0.15, 0.2) is 84.9 Å². The highest BCUT2D eigenvalue weighted by Crippen LogP contribution is 2.38. The zero-order chi connectivity index (χ0) is 40.4. The summed E-state index contributed by atoms with van der Waals surface area (Å²) in [5.41, 5.74) is 4.56. The van der Waals surface area contributed by atoms with Crippen LogP contribution in [0, 0.1) is 0 Å². The van der Waals surface area contributed by atoms with Crippen molar-refractivity contribution < 1.29 is 44.1 Å². The number of phenols is 2. The van der Waals surface area contributed by atoms with Crippen LogP contribution in [0.1, 0.15) is 59.3 Å². The Bertz CT molecular complexity index is 2100. The van der Waals surface area contributed by atoms with Gasteiger partial charge in [0.15, 0.2) is 0 Å². The number of hydrogen-bond donors (Lipinski definition) is 7. The van der Waals surface area contributed by atoms with Crippen molar-refractivity contribution in [3.8, 4) is 33.8 Å². The first-order chi connectivity index (χ1) is 26.8. The van der Waals surface area contributed by atoms with Gasteiger partial charge in [-0.1, -0.05) is 61.9 Å². The summed E-state index contributed by atoms with van der Waals surface area (Å²) in [6.07, 6.45) is 2.91. The molecule has 5 rings (SSSR count). The van der Waals surface area contributed by atoms with Crippen LogP contribution in [-0.4, -0.2) is 88.4 Å². The van der Waals surface area contributed by atoms with E-state index < -0.39 is 54.1 Å². The van der Waals surface area contributed by atoms with E-state index in [-0.39, 0.29) is 54.1 Å². The van der Waals surface area contributed by atoms with E-state index >= 15 is 0 Å². The number of carbonyl (C=O) groups is 6. The smallest absolute Gasteiger partial charge is 0.326 e. The molecule has 0 saturated carbocycles. The third kappa shape index (κ3) is 10.3. The van der Waals surface area contributed by atoms with E-state index in [0.717, 1.165) is 35.3 Å². The number of carboxylic acids is 1. The maximum absolute atomic E-state index is 13.6. The number of carboxylic acid groups (broad SMARTS) is 1. The van der Waals surface area contributed by atoms with Crippen molar-refractivity contribution in [2.45, 2.75) is 51.1 Å². The first kappa shape index (κ1) is 40.5. The fourth-order valence-electron chi connectivity index (χ4n) is 6.37. The molecule has 14 heteroatoms. The molecule has 0 spiro atoms. The molecule has 1 aliphatic heterocycles. The molecule has 0 aliphatic carbocycles. The Morgan fingerprint density at radius 2 is 1.48 bits per heavy atom. The molecule has 4 aromatic rings. The van der Waals surface area contributed by atoms with E-state index in [2.05, 4.69) is 52.5 Å². The first-order valence-corrected chi connectivity index (χ1v) is 18.3. The summed E-state index contributed by atoms with van der Waals surface area (Å²) in [6, 6.07) is 21.1. The van der Waals surface area contributed by atoms with Crippen LogP contribution in [0.2, 0.25) is 0 Å². The molecule has 56 heavy (non-hydrogen) atoms. The summed E-state index contributed by atoms with van der Waals surface area (Å²) >= 11 is 0. The summed E-state index contributed by atoms with van der Waals surface area (Å²) in [4.78, 5) is 78.1. The van der Waals surface area contributed by atoms with E-state index in [1.807, 2.05) is 12.1 Å². The van der Waals surface area contributed by atoms with Crippen LogP contribution in [0.5, 0.6) is 11.5 Å². The monoisotopic (exact) mass is 763 g/mol. The summed E-state index contributed by atoms with van der Waals surface area (Å²) in [7, 11) is 1.36. The zero-order valence-electron chi connectivity index (χ0n) is 31.1. The number of likely N-dealkylation sites (N-methyl/N-ethyl adjacent to an activating group) is 1. The number of rotatable bonds is 12. The van der Waals surface area contributed by atoms with Gasteiger partial charge in [0.2, 0.25) is 23.6 Å².